The van der Waals surface area contributed by atoms with Gasteiger partial charge in [-0.3, -0.25) is 13.9 Å². The van der Waals surface area contributed by atoms with Crippen LogP contribution in [0.25, 0.3) is 11.0 Å². The molecule has 3 aromatic rings. The van der Waals surface area contributed by atoms with Crippen LogP contribution >= 0.6 is 12.4 Å². The summed E-state index contributed by atoms with van der Waals surface area (Å²) in [7, 11) is 3.70. The summed E-state index contributed by atoms with van der Waals surface area (Å²) in [6, 6.07) is 7.57. The minimum atomic E-state index is -0.0926. The van der Waals surface area contributed by atoms with Crippen molar-refractivity contribution in [1.82, 2.24) is 28.9 Å². The summed E-state index contributed by atoms with van der Waals surface area (Å²) in [5.74, 6) is 0.919. The molecule has 1 aliphatic rings. The Morgan fingerprint density at radius 1 is 1.25 bits per heavy atom. The molecule has 1 atom stereocenters. The summed E-state index contributed by atoms with van der Waals surface area (Å²) in [6.45, 7) is 2.46. The number of piperazine rings is 1. The van der Waals surface area contributed by atoms with Gasteiger partial charge in [0.15, 0.2) is 0 Å². The second kappa shape index (κ2) is 8.20. The number of hydrogen-bond donors (Lipinski definition) is 1. The third kappa shape index (κ3) is 3.45. The molecule has 1 amide bonds. The van der Waals surface area contributed by atoms with E-state index in [4.69, 9.17) is 0 Å². The average Bonchev–Trinajstić information content (AvgIpc) is 3.22. The highest BCUT2D eigenvalue weighted by atomic mass is 35.5. The molecular weight excluding hydrogens is 380 g/mol. The van der Waals surface area contributed by atoms with E-state index >= 15 is 0 Å². The standard InChI is InChI=1S/C19H24N6O2.ClH/c1-22-11-9-21-18(22)16-13-20-8-12-24(16)17(26)7-10-25-15-6-4-3-5-14(15)23(2)19(25)27;/h3-6,9,11,16,20H,7-8,10,12-13H2,1-2H3;1H. The van der Waals surface area contributed by atoms with E-state index in [-0.39, 0.29) is 36.5 Å². The maximum absolute atomic E-state index is 13.0. The van der Waals surface area contributed by atoms with Gasteiger partial charge in [0.25, 0.3) is 0 Å². The quantitative estimate of drug-likeness (QED) is 0.705. The maximum atomic E-state index is 13.0. The summed E-state index contributed by atoms with van der Waals surface area (Å²) in [6.07, 6.45) is 3.93. The molecule has 1 aromatic carbocycles. The van der Waals surface area contributed by atoms with Gasteiger partial charge in [-0.2, -0.15) is 0 Å². The zero-order valence-electron chi connectivity index (χ0n) is 16.0. The molecule has 9 heteroatoms. The van der Waals surface area contributed by atoms with Crippen molar-refractivity contribution in [2.24, 2.45) is 14.1 Å². The van der Waals surface area contributed by atoms with Gasteiger partial charge >= 0.3 is 5.69 Å². The van der Waals surface area contributed by atoms with Crippen molar-refractivity contribution in [3.8, 4) is 0 Å². The van der Waals surface area contributed by atoms with Gasteiger partial charge in [0, 0.05) is 59.1 Å². The van der Waals surface area contributed by atoms with E-state index in [2.05, 4.69) is 10.3 Å². The summed E-state index contributed by atoms with van der Waals surface area (Å²) >= 11 is 0. The van der Waals surface area contributed by atoms with Crippen molar-refractivity contribution in [3.05, 3.63) is 53.0 Å². The molecule has 150 valence electrons. The van der Waals surface area contributed by atoms with E-state index in [1.807, 2.05) is 47.0 Å². The molecule has 0 bridgehead atoms. The van der Waals surface area contributed by atoms with Crippen LogP contribution in [-0.2, 0) is 25.4 Å². The third-order valence-electron chi connectivity index (χ3n) is 5.32. The van der Waals surface area contributed by atoms with Crippen LogP contribution in [0.1, 0.15) is 18.3 Å². The van der Waals surface area contributed by atoms with Crippen molar-refractivity contribution in [3.63, 3.8) is 0 Å². The Bertz CT molecular complexity index is 1040. The number of benzene rings is 1. The van der Waals surface area contributed by atoms with E-state index in [1.165, 1.54) is 0 Å². The number of aryl methyl sites for hydroxylation is 3. The van der Waals surface area contributed by atoms with Crippen LogP contribution in [-0.4, -0.2) is 49.1 Å². The zero-order valence-corrected chi connectivity index (χ0v) is 16.9. The van der Waals surface area contributed by atoms with Gasteiger partial charge in [0.2, 0.25) is 5.91 Å². The number of para-hydroxylation sites is 2. The molecule has 28 heavy (non-hydrogen) atoms. The first-order valence-corrected chi connectivity index (χ1v) is 9.19. The molecule has 1 unspecified atom stereocenters. The van der Waals surface area contributed by atoms with Crippen LogP contribution in [0.5, 0.6) is 0 Å². The molecule has 2 aromatic heterocycles. The van der Waals surface area contributed by atoms with E-state index in [1.54, 1.807) is 22.4 Å². The fourth-order valence-electron chi connectivity index (χ4n) is 3.86. The maximum Gasteiger partial charge on any atom is 0.328 e. The van der Waals surface area contributed by atoms with Gasteiger partial charge in [0.05, 0.1) is 11.0 Å². The van der Waals surface area contributed by atoms with E-state index < -0.39 is 0 Å². The Morgan fingerprint density at radius 2 is 2.00 bits per heavy atom. The second-order valence-corrected chi connectivity index (χ2v) is 6.94. The highest BCUT2D eigenvalue weighted by Crippen LogP contribution is 2.21. The Kier molecular flexibility index (Phi) is 5.90. The van der Waals surface area contributed by atoms with Crippen molar-refractivity contribution in [2.75, 3.05) is 19.6 Å². The number of amides is 1. The first kappa shape index (κ1) is 20.2. The van der Waals surface area contributed by atoms with Crippen LogP contribution < -0.4 is 11.0 Å². The first-order chi connectivity index (χ1) is 13.1. The largest absolute Gasteiger partial charge is 0.336 e. The van der Waals surface area contributed by atoms with Crippen LogP contribution in [0.2, 0.25) is 0 Å². The highest BCUT2D eigenvalue weighted by Gasteiger charge is 2.30. The molecule has 3 heterocycles. The SMILES string of the molecule is Cl.Cn1ccnc1C1CNCCN1C(=O)CCn1c(=O)n(C)c2ccccc21. The second-order valence-electron chi connectivity index (χ2n) is 6.94. The van der Waals surface area contributed by atoms with Crippen LogP contribution in [0.4, 0.5) is 0 Å². The van der Waals surface area contributed by atoms with Crippen LogP contribution in [0, 0.1) is 0 Å². The molecule has 1 saturated heterocycles. The summed E-state index contributed by atoms with van der Waals surface area (Å²) in [4.78, 5) is 31.8. The Balaban J connectivity index is 0.00000225. The number of imidazole rings is 2. The number of carbonyl (C=O) groups excluding carboxylic acids is 1. The van der Waals surface area contributed by atoms with Gasteiger partial charge in [-0.05, 0) is 12.1 Å². The molecule has 0 aliphatic carbocycles. The van der Waals surface area contributed by atoms with Gasteiger partial charge in [0.1, 0.15) is 11.9 Å². The van der Waals surface area contributed by atoms with Gasteiger partial charge in [-0.15, -0.1) is 12.4 Å². The molecular formula is C19H25ClN6O2. The normalized spacial score (nSPS) is 16.9. The predicted octanol–water partition coefficient (Wildman–Crippen LogP) is 1.06. The first-order valence-electron chi connectivity index (χ1n) is 9.19. The van der Waals surface area contributed by atoms with Crippen molar-refractivity contribution in [2.45, 2.75) is 19.0 Å². The number of aromatic nitrogens is 4. The lowest BCUT2D eigenvalue weighted by Crippen LogP contribution is -2.49. The number of hydrogen-bond acceptors (Lipinski definition) is 4. The fraction of sp³-hybridized carbons (Fsp3) is 0.421. The van der Waals surface area contributed by atoms with Crippen molar-refractivity contribution < 1.29 is 4.79 Å². The smallest absolute Gasteiger partial charge is 0.328 e. The van der Waals surface area contributed by atoms with Gasteiger partial charge in [-0.25, -0.2) is 9.78 Å². The van der Waals surface area contributed by atoms with E-state index in [0.717, 1.165) is 23.4 Å². The number of nitrogens with zero attached hydrogens (tertiary/aromatic N) is 5. The molecule has 4 rings (SSSR count). The molecule has 8 nitrogen and oxygen atoms in total. The molecule has 1 fully saturated rings. The van der Waals surface area contributed by atoms with Crippen LogP contribution in [0.3, 0.4) is 0 Å². The lowest BCUT2D eigenvalue weighted by atomic mass is 10.1. The van der Waals surface area contributed by atoms with Gasteiger partial charge in [-0.1, -0.05) is 12.1 Å². The highest BCUT2D eigenvalue weighted by molar-refractivity contribution is 5.85. The molecule has 0 radical (unpaired) electrons. The topological polar surface area (TPSA) is 77.1 Å². The minimum absolute atomic E-state index is 0. The third-order valence-corrected chi connectivity index (χ3v) is 5.32. The zero-order chi connectivity index (χ0) is 19.0. The lowest BCUT2D eigenvalue weighted by Gasteiger charge is -2.35. The minimum Gasteiger partial charge on any atom is -0.336 e. The number of halogens is 1. The number of nitrogens with one attached hydrogen (secondary N) is 1. The number of fused-ring (bicyclic) bond motifs is 1. The number of carbonyl (C=O) groups is 1. The summed E-state index contributed by atoms with van der Waals surface area (Å²) in [5, 5.41) is 3.34. The molecule has 0 spiro atoms. The monoisotopic (exact) mass is 404 g/mol. The van der Waals surface area contributed by atoms with Gasteiger partial charge < -0.3 is 14.8 Å². The lowest BCUT2D eigenvalue weighted by molar-refractivity contribution is -0.135. The van der Waals surface area contributed by atoms with Crippen LogP contribution in [0.15, 0.2) is 41.5 Å². The number of rotatable bonds is 4. The van der Waals surface area contributed by atoms with Crippen molar-refractivity contribution >= 4 is 29.3 Å². The Hall–Kier alpha value is -2.58. The Morgan fingerprint density at radius 3 is 2.71 bits per heavy atom. The predicted molar refractivity (Wildman–Crippen MR) is 110 cm³/mol. The molecule has 0 saturated carbocycles. The molecule has 1 aliphatic heterocycles. The summed E-state index contributed by atoms with van der Waals surface area (Å²) < 4.78 is 5.26. The van der Waals surface area contributed by atoms with E-state index in [0.29, 0.717) is 19.6 Å². The molecule has 1 N–H and O–H groups in total. The van der Waals surface area contributed by atoms with Crippen molar-refractivity contribution in [1.29, 1.82) is 0 Å². The average molecular weight is 405 g/mol. The van der Waals surface area contributed by atoms with E-state index in [9.17, 15) is 9.59 Å². The fourth-order valence-corrected chi connectivity index (χ4v) is 3.86. The Labute approximate surface area is 169 Å². The summed E-state index contributed by atoms with van der Waals surface area (Å²) in [5.41, 5.74) is 1.65.